The number of nitriles is 1. The second-order valence-corrected chi connectivity index (χ2v) is 4.24. The molecule has 0 atom stereocenters. The Labute approximate surface area is 94.4 Å². The first kappa shape index (κ1) is 10.8. The van der Waals surface area contributed by atoms with E-state index in [-0.39, 0.29) is 0 Å². The summed E-state index contributed by atoms with van der Waals surface area (Å²) < 4.78 is 0. The minimum Gasteiger partial charge on any atom is -0.386 e. The molecule has 1 aliphatic heterocycles. The Hall–Kier alpha value is -1.67. The maximum absolute atomic E-state index is 9.88. The molecule has 16 heavy (non-hydrogen) atoms. The summed E-state index contributed by atoms with van der Waals surface area (Å²) in [7, 11) is 0. The van der Waals surface area contributed by atoms with Gasteiger partial charge in [-0.25, -0.2) is 9.97 Å². The first-order valence-electron chi connectivity index (χ1n) is 5.29. The predicted molar refractivity (Wildman–Crippen MR) is 58.9 cm³/mol. The van der Waals surface area contributed by atoms with E-state index in [2.05, 4.69) is 9.97 Å². The van der Waals surface area contributed by atoms with Gasteiger partial charge in [0.05, 0.1) is 18.7 Å². The van der Waals surface area contributed by atoms with Crippen molar-refractivity contribution in [2.75, 3.05) is 18.0 Å². The highest BCUT2D eigenvalue weighted by molar-refractivity contribution is 5.40. The Kier molecular flexibility index (Phi) is 2.52. The number of aliphatic hydroxyl groups is 1. The summed E-state index contributed by atoms with van der Waals surface area (Å²) in [5.74, 6) is 0.537. The maximum atomic E-state index is 9.88. The van der Waals surface area contributed by atoms with Gasteiger partial charge in [-0.05, 0) is 19.4 Å². The van der Waals surface area contributed by atoms with E-state index in [1.54, 1.807) is 6.07 Å². The van der Waals surface area contributed by atoms with E-state index in [1.165, 1.54) is 0 Å². The van der Waals surface area contributed by atoms with E-state index in [1.807, 2.05) is 24.8 Å². The number of anilines is 1. The minimum absolute atomic E-state index is 0.370. The first-order valence-corrected chi connectivity index (χ1v) is 5.29. The number of β-amino-alcohol motifs (C(OH)–C–C–N with tert-alkyl or cyclic N) is 1. The summed E-state index contributed by atoms with van der Waals surface area (Å²) >= 11 is 0. The fourth-order valence-corrected chi connectivity index (χ4v) is 1.78. The van der Waals surface area contributed by atoms with Gasteiger partial charge in [0.25, 0.3) is 0 Å². The molecular formula is C11H14N4O. The molecule has 0 aromatic carbocycles. The summed E-state index contributed by atoms with van der Waals surface area (Å²) in [6.07, 6.45) is 0.723. The van der Waals surface area contributed by atoms with Gasteiger partial charge in [0.1, 0.15) is 11.8 Å². The Balaban J connectivity index is 2.18. The predicted octanol–water partition coefficient (Wildman–Crippen LogP) is 0.618. The zero-order valence-electron chi connectivity index (χ0n) is 9.43. The smallest absolute Gasteiger partial charge is 0.227 e. The number of nitrogens with zero attached hydrogens (tertiary/aromatic N) is 4. The molecule has 0 unspecified atom stereocenters. The van der Waals surface area contributed by atoms with Gasteiger partial charge in [-0.15, -0.1) is 0 Å². The van der Waals surface area contributed by atoms with Crippen molar-refractivity contribution in [1.82, 2.24) is 9.97 Å². The van der Waals surface area contributed by atoms with Crippen LogP contribution in [-0.2, 0) is 0 Å². The van der Waals surface area contributed by atoms with Gasteiger partial charge in [0.2, 0.25) is 5.95 Å². The molecule has 0 radical (unpaired) electrons. The van der Waals surface area contributed by atoms with Gasteiger partial charge >= 0.3 is 0 Å². The van der Waals surface area contributed by atoms with Crippen molar-refractivity contribution < 1.29 is 5.11 Å². The van der Waals surface area contributed by atoms with Crippen LogP contribution in [0.5, 0.6) is 0 Å². The fraction of sp³-hybridized carbons (Fsp3) is 0.545. The summed E-state index contributed by atoms with van der Waals surface area (Å²) in [4.78, 5) is 10.3. The lowest BCUT2D eigenvalue weighted by Crippen LogP contribution is -2.62. The average Bonchev–Trinajstić information content (AvgIpc) is 2.23. The van der Waals surface area contributed by atoms with Crippen LogP contribution in [0, 0.1) is 18.3 Å². The summed E-state index contributed by atoms with van der Waals surface area (Å²) in [6.45, 7) is 4.86. The molecule has 1 N–H and O–H groups in total. The van der Waals surface area contributed by atoms with Gasteiger partial charge in [-0.3, -0.25) is 0 Å². The molecule has 1 aliphatic rings. The van der Waals surface area contributed by atoms with Crippen LogP contribution >= 0.6 is 0 Å². The van der Waals surface area contributed by atoms with Crippen molar-refractivity contribution in [2.24, 2.45) is 0 Å². The van der Waals surface area contributed by atoms with Gasteiger partial charge in [0, 0.05) is 5.69 Å². The van der Waals surface area contributed by atoms with Crippen molar-refractivity contribution in [3.05, 3.63) is 17.5 Å². The van der Waals surface area contributed by atoms with Crippen molar-refractivity contribution in [1.29, 1.82) is 5.26 Å². The molecule has 1 aromatic rings. The summed E-state index contributed by atoms with van der Waals surface area (Å²) in [5.41, 5.74) is 0.530. The largest absolute Gasteiger partial charge is 0.386 e. The van der Waals surface area contributed by atoms with E-state index in [0.717, 1.165) is 12.1 Å². The van der Waals surface area contributed by atoms with Gasteiger partial charge in [0.15, 0.2) is 0 Å². The number of rotatable bonds is 2. The van der Waals surface area contributed by atoms with Crippen LogP contribution in [-0.4, -0.2) is 33.8 Å². The fourth-order valence-electron chi connectivity index (χ4n) is 1.78. The van der Waals surface area contributed by atoms with Crippen LogP contribution in [0.2, 0.25) is 0 Å². The Morgan fingerprint density at radius 3 is 2.81 bits per heavy atom. The highest BCUT2D eigenvalue weighted by Gasteiger charge is 2.40. The number of hydrogen-bond acceptors (Lipinski definition) is 5. The van der Waals surface area contributed by atoms with Crippen LogP contribution in [0.25, 0.3) is 0 Å². The van der Waals surface area contributed by atoms with Crippen molar-refractivity contribution >= 4 is 5.95 Å². The Morgan fingerprint density at radius 2 is 2.25 bits per heavy atom. The monoisotopic (exact) mass is 218 g/mol. The van der Waals surface area contributed by atoms with Crippen LogP contribution in [0.15, 0.2) is 6.07 Å². The molecule has 5 heteroatoms. The molecule has 0 bridgehead atoms. The lowest BCUT2D eigenvalue weighted by molar-refractivity contribution is 0.00753. The highest BCUT2D eigenvalue weighted by Crippen LogP contribution is 2.27. The number of hydrogen-bond donors (Lipinski definition) is 1. The molecule has 84 valence electrons. The molecule has 1 aromatic heterocycles. The molecule has 2 rings (SSSR count). The number of aromatic nitrogens is 2. The van der Waals surface area contributed by atoms with Crippen LogP contribution < -0.4 is 4.90 Å². The second-order valence-electron chi connectivity index (χ2n) is 4.24. The third-order valence-corrected chi connectivity index (χ3v) is 2.87. The van der Waals surface area contributed by atoms with Gasteiger partial charge in [-0.2, -0.15) is 5.26 Å². The standard InChI is InChI=1S/C11H14N4O/c1-3-11(16)6-15(7-11)10-13-8(2)4-9(5-12)14-10/h4,16H,3,6-7H2,1-2H3. The first-order chi connectivity index (χ1) is 7.56. The molecule has 5 nitrogen and oxygen atoms in total. The summed E-state index contributed by atoms with van der Waals surface area (Å²) in [6, 6.07) is 3.65. The Bertz CT molecular complexity index is 446. The zero-order chi connectivity index (χ0) is 11.8. The lowest BCUT2D eigenvalue weighted by Gasteiger charge is -2.46. The SMILES string of the molecule is CCC1(O)CN(c2nc(C)cc(C#N)n2)C1. The highest BCUT2D eigenvalue weighted by atomic mass is 16.3. The van der Waals surface area contributed by atoms with E-state index >= 15 is 0 Å². The number of aryl methyl sites for hydroxylation is 1. The van der Waals surface area contributed by atoms with Crippen molar-refractivity contribution in [3.63, 3.8) is 0 Å². The van der Waals surface area contributed by atoms with E-state index in [0.29, 0.717) is 24.7 Å². The molecule has 2 heterocycles. The van der Waals surface area contributed by atoms with E-state index in [9.17, 15) is 5.11 Å². The average molecular weight is 218 g/mol. The molecule has 0 spiro atoms. The molecule has 0 amide bonds. The molecular weight excluding hydrogens is 204 g/mol. The molecule has 0 saturated carbocycles. The maximum Gasteiger partial charge on any atom is 0.227 e. The van der Waals surface area contributed by atoms with E-state index in [4.69, 9.17) is 5.26 Å². The van der Waals surface area contributed by atoms with Crippen molar-refractivity contribution in [3.8, 4) is 6.07 Å². The quantitative estimate of drug-likeness (QED) is 0.787. The third kappa shape index (κ3) is 1.84. The van der Waals surface area contributed by atoms with E-state index < -0.39 is 5.60 Å². The van der Waals surface area contributed by atoms with Crippen LogP contribution in [0.1, 0.15) is 24.7 Å². The molecule has 0 aliphatic carbocycles. The minimum atomic E-state index is -0.611. The third-order valence-electron chi connectivity index (χ3n) is 2.87. The molecule has 1 saturated heterocycles. The normalized spacial score (nSPS) is 17.8. The van der Waals surface area contributed by atoms with Crippen LogP contribution in [0.4, 0.5) is 5.95 Å². The zero-order valence-corrected chi connectivity index (χ0v) is 9.43. The summed E-state index contributed by atoms with van der Waals surface area (Å²) in [5, 5.41) is 18.7. The van der Waals surface area contributed by atoms with Gasteiger partial charge in [-0.1, -0.05) is 6.92 Å². The Morgan fingerprint density at radius 1 is 1.56 bits per heavy atom. The van der Waals surface area contributed by atoms with Crippen molar-refractivity contribution in [2.45, 2.75) is 25.9 Å². The topological polar surface area (TPSA) is 73.0 Å². The lowest BCUT2D eigenvalue weighted by atomic mass is 9.92. The van der Waals surface area contributed by atoms with Crippen LogP contribution in [0.3, 0.4) is 0 Å². The van der Waals surface area contributed by atoms with Gasteiger partial charge < -0.3 is 10.0 Å². The molecule has 1 fully saturated rings. The second kappa shape index (κ2) is 3.72.